The zero-order valence-electron chi connectivity index (χ0n) is 28.6. The first-order chi connectivity index (χ1) is 25.0. The molecule has 1 aromatic heterocycles. The van der Waals surface area contributed by atoms with Gasteiger partial charge in [-0.15, -0.1) is 11.3 Å². The number of anilines is 3. The van der Waals surface area contributed by atoms with E-state index in [1.54, 1.807) is 0 Å². The monoisotopic (exact) mass is 669 g/mol. The topological polar surface area (TPSA) is 3.24 Å². The van der Waals surface area contributed by atoms with Crippen LogP contribution < -0.4 is 4.90 Å². The number of hydrogen-bond donors (Lipinski definition) is 0. The van der Waals surface area contributed by atoms with Crippen LogP contribution in [0.2, 0.25) is 0 Å². The summed E-state index contributed by atoms with van der Waals surface area (Å²) in [4.78, 5) is 2.42. The van der Waals surface area contributed by atoms with Gasteiger partial charge in [0.1, 0.15) is 0 Å². The second-order valence-electron chi connectivity index (χ2n) is 14.1. The first-order valence-corrected chi connectivity index (χ1v) is 18.5. The largest absolute Gasteiger partial charge is 0.310 e. The SMILES string of the molecule is CC1(C)c2ccccc2-c2cc(N(c3ccc(-c4c5ccccc5cc5c4sc4ccccc45)cc3)c3cccc(-c4ccccc4)c3)ccc21. The van der Waals surface area contributed by atoms with E-state index in [0.29, 0.717) is 0 Å². The number of thiophene rings is 1. The van der Waals surface area contributed by atoms with E-state index in [9.17, 15) is 0 Å². The third-order valence-electron chi connectivity index (χ3n) is 10.8. The molecule has 0 fully saturated rings. The molecule has 1 nitrogen and oxygen atoms in total. The molecule has 0 saturated carbocycles. The summed E-state index contributed by atoms with van der Waals surface area (Å²) in [6.07, 6.45) is 0. The van der Waals surface area contributed by atoms with Gasteiger partial charge in [0, 0.05) is 48.2 Å². The first-order valence-electron chi connectivity index (χ1n) is 17.7. The fraction of sp³-hybridized carbons (Fsp3) is 0.0612. The maximum atomic E-state index is 2.42. The van der Waals surface area contributed by atoms with Crippen LogP contribution in [0.25, 0.3) is 64.3 Å². The fourth-order valence-corrected chi connectivity index (χ4v) is 9.60. The van der Waals surface area contributed by atoms with E-state index in [0.717, 1.165) is 17.1 Å². The van der Waals surface area contributed by atoms with Crippen molar-refractivity contribution in [3.63, 3.8) is 0 Å². The van der Waals surface area contributed by atoms with Gasteiger partial charge in [0.05, 0.1) is 0 Å². The van der Waals surface area contributed by atoms with Crippen molar-refractivity contribution in [1.29, 1.82) is 0 Å². The van der Waals surface area contributed by atoms with Crippen molar-refractivity contribution in [2.75, 3.05) is 4.90 Å². The van der Waals surface area contributed by atoms with E-state index in [1.807, 2.05) is 11.3 Å². The Labute approximate surface area is 302 Å². The Hall–Kier alpha value is -5.96. The van der Waals surface area contributed by atoms with E-state index in [-0.39, 0.29) is 5.41 Å². The summed E-state index contributed by atoms with van der Waals surface area (Å²) in [7, 11) is 0. The van der Waals surface area contributed by atoms with Crippen molar-refractivity contribution in [2.45, 2.75) is 19.3 Å². The minimum atomic E-state index is -0.0411. The van der Waals surface area contributed by atoms with Crippen molar-refractivity contribution in [1.82, 2.24) is 0 Å². The molecule has 0 amide bonds. The van der Waals surface area contributed by atoms with Gasteiger partial charge in [0.25, 0.3) is 0 Å². The zero-order chi connectivity index (χ0) is 34.1. The molecule has 2 heteroatoms. The average molecular weight is 670 g/mol. The van der Waals surface area contributed by atoms with Crippen molar-refractivity contribution in [2.24, 2.45) is 0 Å². The lowest BCUT2D eigenvalue weighted by Crippen LogP contribution is -2.15. The van der Waals surface area contributed by atoms with Crippen LogP contribution in [0.4, 0.5) is 17.1 Å². The van der Waals surface area contributed by atoms with Gasteiger partial charge in [-0.05, 0) is 98.2 Å². The number of fused-ring (bicyclic) bond motifs is 7. The third-order valence-corrected chi connectivity index (χ3v) is 12.0. The Morgan fingerprint density at radius 1 is 0.431 bits per heavy atom. The van der Waals surface area contributed by atoms with Crippen molar-refractivity contribution in [3.05, 3.63) is 187 Å². The molecular formula is C49H35NS. The minimum absolute atomic E-state index is 0.0411. The molecule has 242 valence electrons. The van der Waals surface area contributed by atoms with Gasteiger partial charge in [0.2, 0.25) is 0 Å². The summed E-state index contributed by atoms with van der Waals surface area (Å²) in [5.41, 5.74) is 13.7. The van der Waals surface area contributed by atoms with Gasteiger partial charge in [0.15, 0.2) is 0 Å². The number of nitrogens with zero attached hydrogens (tertiary/aromatic N) is 1. The first kappa shape index (κ1) is 29.9. The van der Waals surface area contributed by atoms with Crippen LogP contribution in [0.3, 0.4) is 0 Å². The molecule has 9 aromatic rings. The molecule has 1 aliphatic rings. The lowest BCUT2D eigenvalue weighted by atomic mass is 9.82. The predicted octanol–water partition coefficient (Wildman–Crippen LogP) is 14.3. The molecule has 8 aromatic carbocycles. The second-order valence-corrected chi connectivity index (χ2v) is 15.2. The van der Waals surface area contributed by atoms with Crippen LogP contribution in [0, 0.1) is 0 Å². The quantitative estimate of drug-likeness (QED) is 0.176. The standard InChI is InChI=1S/C49H35NS/c1-49(2)44-21-10-8-19-40(44)42-31-38(27-28-45(42)49)50(37-17-12-16-34(29-37)32-13-4-3-5-14-32)36-25-23-33(24-26-36)47-39-18-7-6-15-35(39)30-43-41-20-9-11-22-46(41)51-48(43)47/h3-31H,1-2H3. The number of benzene rings is 8. The van der Waals surface area contributed by atoms with Gasteiger partial charge in [-0.3, -0.25) is 0 Å². The molecule has 0 radical (unpaired) electrons. The smallest absolute Gasteiger partial charge is 0.0468 e. The van der Waals surface area contributed by atoms with Crippen LogP contribution in [0.1, 0.15) is 25.0 Å². The number of rotatable bonds is 5. The highest BCUT2D eigenvalue weighted by Gasteiger charge is 2.35. The molecule has 1 aliphatic carbocycles. The molecule has 0 bridgehead atoms. The average Bonchev–Trinajstić information content (AvgIpc) is 3.66. The molecule has 0 atom stereocenters. The third kappa shape index (κ3) is 4.75. The Kier molecular flexibility index (Phi) is 6.78. The Balaban J connectivity index is 1.16. The summed E-state index contributed by atoms with van der Waals surface area (Å²) < 4.78 is 2.67. The van der Waals surface area contributed by atoms with E-state index in [2.05, 4.69) is 195 Å². The van der Waals surface area contributed by atoms with Crippen molar-refractivity contribution < 1.29 is 0 Å². The molecule has 0 unspecified atom stereocenters. The lowest BCUT2D eigenvalue weighted by Gasteiger charge is -2.28. The van der Waals surface area contributed by atoms with Gasteiger partial charge in [-0.1, -0.05) is 141 Å². The van der Waals surface area contributed by atoms with Gasteiger partial charge in [-0.25, -0.2) is 0 Å². The van der Waals surface area contributed by atoms with Crippen LogP contribution in [0.5, 0.6) is 0 Å². The lowest BCUT2D eigenvalue weighted by molar-refractivity contribution is 0.660. The highest BCUT2D eigenvalue weighted by molar-refractivity contribution is 7.26. The Morgan fingerprint density at radius 2 is 1.10 bits per heavy atom. The minimum Gasteiger partial charge on any atom is -0.310 e. The van der Waals surface area contributed by atoms with Crippen molar-refractivity contribution >= 4 is 59.3 Å². The summed E-state index contributed by atoms with van der Waals surface area (Å²) >= 11 is 1.90. The normalized spacial score (nSPS) is 13.1. The molecule has 0 spiro atoms. The van der Waals surface area contributed by atoms with E-state index >= 15 is 0 Å². The van der Waals surface area contributed by atoms with E-state index in [4.69, 9.17) is 0 Å². The Bertz CT molecular complexity index is 2770. The second kappa shape index (κ2) is 11.6. The van der Waals surface area contributed by atoms with E-state index < -0.39 is 0 Å². The molecule has 1 heterocycles. The molecule has 51 heavy (non-hydrogen) atoms. The van der Waals surface area contributed by atoms with E-state index in [1.165, 1.54) is 75.5 Å². The van der Waals surface area contributed by atoms with Gasteiger partial charge in [-0.2, -0.15) is 0 Å². The summed E-state index contributed by atoms with van der Waals surface area (Å²) in [5.74, 6) is 0. The molecular weight excluding hydrogens is 635 g/mol. The van der Waals surface area contributed by atoms with Crippen LogP contribution >= 0.6 is 11.3 Å². The molecule has 10 rings (SSSR count). The predicted molar refractivity (Wildman–Crippen MR) is 220 cm³/mol. The zero-order valence-corrected chi connectivity index (χ0v) is 29.4. The van der Waals surface area contributed by atoms with Gasteiger partial charge < -0.3 is 4.90 Å². The molecule has 0 aliphatic heterocycles. The summed E-state index contributed by atoms with van der Waals surface area (Å²) in [5, 5.41) is 5.21. The molecule has 0 saturated heterocycles. The maximum Gasteiger partial charge on any atom is 0.0468 e. The summed E-state index contributed by atoms with van der Waals surface area (Å²) in [6, 6.07) is 64.8. The maximum absolute atomic E-state index is 2.42. The Morgan fingerprint density at radius 3 is 1.96 bits per heavy atom. The summed E-state index contributed by atoms with van der Waals surface area (Å²) in [6.45, 7) is 4.69. The highest BCUT2D eigenvalue weighted by Crippen LogP contribution is 2.51. The fourth-order valence-electron chi connectivity index (χ4n) is 8.34. The highest BCUT2D eigenvalue weighted by atomic mass is 32.1. The van der Waals surface area contributed by atoms with Crippen LogP contribution in [0.15, 0.2) is 176 Å². The number of hydrogen-bond acceptors (Lipinski definition) is 2. The van der Waals surface area contributed by atoms with Crippen LogP contribution in [-0.4, -0.2) is 0 Å². The molecule has 0 N–H and O–H groups in total. The van der Waals surface area contributed by atoms with Crippen LogP contribution in [-0.2, 0) is 5.41 Å². The van der Waals surface area contributed by atoms with Crippen molar-refractivity contribution in [3.8, 4) is 33.4 Å². The van der Waals surface area contributed by atoms with Gasteiger partial charge >= 0.3 is 0 Å².